The van der Waals surface area contributed by atoms with Gasteiger partial charge in [0.25, 0.3) is 0 Å². The Balaban J connectivity index is 1.66. The quantitative estimate of drug-likeness (QED) is 0.830. The van der Waals surface area contributed by atoms with Gasteiger partial charge in [0.2, 0.25) is 5.91 Å². The summed E-state index contributed by atoms with van der Waals surface area (Å²) in [6, 6.07) is 3.30. The molecule has 1 amide bonds. The molecule has 0 aliphatic carbocycles. The van der Waals surface area contributed by atoms with E-state index in [1.54, 1.807) is 12.1 Å². The number of ether oxygens (including phenoxy) is 2. The highest BCUT2D eigenvalue weighted by molar-refractivity contribution is 6.29. The molecule has 5 nitrogen and oxygen atoms in total. The van der Waals surface area contributed by atoms with Gasteiger partial charge in [-0.3, -0.25) is 4.79 Å². The predicted molar refractivity (Wildman–Crippen MR) is 67.7 cm³/mol. The molecule has 18 heavy (non-hydrogen) atoms. The van der Waals surface area contributed by atoms with Gasteiger partial charge in [0.15, 0.2) is 0 Å². The Hall–Kier alpha value is -1.17. The number of amides is 1. The molecule has 1 fully saturated rings. The van der Waals surface area contributed by atoms with E-state index in [1.807, 2.05) is 0 Å². The molecule has 0 spiro atoms. The van der Waals surface area contributed by atoms with Gasteiger partial charge in [-0.1, -0.05) is 11.6 Å². The van der Waals surface area contributed by atoms with Gasteiger partial charge in [0.05, 0.1) is 24.6 Å². The van der Waals surface area contributed by atoms with Crippen LogP contribution in [-0.4, -0.2) is 36.8 Å². The highest BCUT2D eigenvalue weighted by atomic mass is 35.5. The van der Waals surface area contributed by atoms with E-state index < -0.39 is 0 Å². The van der Waals surface area contributed by atoms with Crippen LogP contribution in [0.3, 0.4) is 0 Å². The second kappa shape index (κ2) is 6.68. The first kappa shape index (κ1) is 13.3. The van der Waals surface area contributed by atoms with Crippen molar-refractivity contribution in [2.75, 3.05) is 25.1 Å². The fraction of sp³-hybridized carbons (Fsp3) is 0.500. The van der Waals surface area contributed by atoms with Crippen molar-refractivity contribution in [3.8, 4) is 0 Å². The molecule has 1 N–H and O–H groups in total. The van der Waals surface area contributed by atoms with Crippen LogP contribution in [0.1, 0.15) is 12.8 Å². The summed E-state index contributed by atoms with van der Waals surface area (Å²) in [6.07, 6.45) is 3.70. The Labute approximate surface area is 110 Å². The number of anilines is 1. The summed E-state index contributed by atoms with van der Waals surface area (Å²) >= 11 is 5.64. The fourth-order valence-corrected chi connectivity index (χ4v) is 1.82. The van der Waals surface area contributed by atoms with Gasteiger partial charge >= 0.3 is 0 Å². The van der Waals surface area contributed by atoms with Crippen molar-refractivity contribution < 1.29 is 14.3 Å². The molecule has 1 aromatic heterocycles. The number of aromatic nitrogens is 1. The molecule has 2 heterocycles. The van der Waals surface area contributed by atoms with Gasteiger partial charge in [0, 0.05) is 6.61 Å². The van der Waals surface area contributed by atoms with Crippen molar-refractivity contribution in [2.24, 2.45) is 0 Å². The van der Waals surface area contributed by atoms with Crippen molar-refractivity contribution in [3.05, 3.63) is 23.5 Å². The summed E-state index contributed by atoms with van der Waals surface area (Å²) < 4.78 is 10.7. The minimum atomic E-state index is -0.211. The van der Waals surface area contributed by atoms with Crippen LogP contribution in [0.4, 0.5) is 5.69 Å². The number of nitrogens with zero attached hydrogens (tertiary/aromatic N) is 1. The Bertz CT molecular complexity index is 391. The number of rotatable bonds is 5. The van der Waals surface area contributed by atoms with E-state index in [4.69, 9.17) is 21.1 Å². The van der Waals surface area contributed by atoms with E-state index in [0.29, 0.717) is 17.4 Å². The third-order valence-corrected chi connectivity index (χ3v) is 2.80. The highest BCUT2D eigenvalue weighted by Crippen LogP contribution is 2.12. The molecule has 0 aromatic carbocycles. The molecule has 0 bridgehead atoms. The molecule has 1 saturated heterocycles. The Morgan fingerprint density at radius 2 is 2.50 bits per heavy atom. The molecule has 2 rings (SSSR count). The van der Waals surface area contributed by atoms with Gasteiger partial charge < -0.3 is 14.8 Å². The lowest BCUT2D eigenvalue weighted by Crippen LogP contribution is -2.22. The number of carbonyl (C=O) groups is 1. The van der Waals surface area contributed by atoms with Crippen molar-refractivity contribution in [1.82, 2.24) is 4.98 Å². The first-order valence-corrected chi connectivity index (χ1v) is 6.22. The van der Waals surface area contributed by atoms with Crippen molar-refractivity contribution in [2.45, 2.75) is 18.9 Å². The third kappa shape index (κ3) is 4.25. The average molecular weight is 271 g/mol. The summed E-state index contributed by atoms with van der Waals surface area (Å²) in [5, 5.41) is 3.06. The zero-order valence-corrected chi connectivity index (χ0v) is 10.7. The summed E-state index contributed by atoms with van der Waals surface area (Å²) in [6.45, 7) is 1.27. The molecular formula is C12H15ClN2O3. The zero-order valence-electron chi connectivity index (χ0n) is 9.89. The van der Waals surface area contributed by atoms with Crippen LogP contribution in [0.25, 0.3) is 0 Å². The van der Waals surface area contributed by atoms with Gasteiger partial charge in [0.1, 0.15) is 11.8 Å². The zero-order chi connectivity index (χ0) is 12.8. The number of hydrogen-bond acceptors (Lipinski definition) is 4. The van der Waals surface area contributed by atoms with E-state index in [0.717, 1.165) is 19.4 Å². The van der Waals surface area contributed by atoms with Gasteiger partial charge in [-0.05, 0) is 25.0 Å². The number of nitrogens with one attached hydrogen (secondary N) is 1. The highest BCUT2D eigenvalue weighted by Gasteiger charge is 2.15. The van der Waals surface area contributed by atoms with E-state index in [-0.39, 0.29) is 18.6 Å². The molecule has 1 aliphatic rings. The van der Waals surface area contributed by atoms with Crippen LogP contribution in [0.2, 0.25) is 5.15 Å². The smallest absolute Gasteiger partial charge is 0.250 e. The van der Waals surface area contributed by atoms with Crippen LogP contribution in [-0.2, 0) is 14.3 Å². The first-order chi connectivity index (χ1) is 8.74. The summed E-state index contributed by atoms with van der Waals surface area (Å²) in [5.41, 5.74) is 0.602. The maximum Gasteiger partial charge on any atom is 0.250 e. The van der Waals surface area contributed by atoms with Crippen LogP contribution in [0.5, 0.6) is 0 Å². The molecule has 1 aliphatic heterocycles. The van der Waals surface area contributed by atoms with Crippen LogP contribution >= 0.6 is 11.6 Å². The average Bonchev–Trinajstić information content (AvgIpc) is 2.85. The fourth-order valence-electron chi connectivity index (χ4n) is 1.71. The van der Waals surface area contributed by atoms with E-state index in [1.165, 1.54) is 6.20 Å². The van der Waals surface area contributed by atoms with E-state index >= 15 is 0 Å². The van der Waals surface area contributed by atoms with Gasteiger partial charge in [-0.2, -0.15) is 0 Å². The van der Waals surface area contributed by atoms with Crippen LogP contribution in [0.15, 0.2) is 18.3 Å². The lowest BCUT2D eigenvalue weighted by atomic mass is 10.2. The number of carbonyl (C=O) groups excluding carboxylic acids is 1. The maximum atomic E-state index is 11.5. The van der Waals surface area contributed by atoms with E-state index in [2.05, 4.69) is 10.3 Å². The molecule has 98 valence electrons. The molecule has 1 unspecified atom stereocenters. The maximum absolute atomic E-state index is 11.5. The summed E-state index contributed by atoms with van der Waals surface area (Å²) in [7, 11) is 0. The van der Waals surface area contributed by atoms with Crippen molar-refractivity contribution in [3.63, 3.8) is 0 Å². The van der Waals surface area contributed by atoms with Gasteiger partial charge in [-0.25, -0.2) is 4.98 Å². The second-order valence-corrected chi connectivity index (χ2v) is 4.46. The van der Waals surface area contributed by atoms with Crippen LogP contribution < -0.4 is 5.32 Å². The summed E-state index contributed by atoms with van der Waals surface area (Å²) in [5.74, 6) is -0.211. The predicted octanol–water partition coefficient (Wildman–Crippen LogP) is 1.87. The molecule has 0 radical (unpaired) electrons. The topological polar surface area (TPSA) is 60.5 Å². The molecule has 0 saturated carbocycles. The number of pyridine rings is 1. The standard InChI is InChI=1S/C12H15ClN2O3/c13-11-4-3-9(6-14-11)15-12(16)8-17-7-10-2-1-5-18-10/h3-4,6,10H,1-2,5,7-8H2,(H,15,16). The second-order valence-electron chi connectivity index (χ2n) is 4.07. The van der Waals surface area contributed by atoms with Gasteiger partial charge in [-0.15, -0.1) is 0 Å². The third-order valence-electron chi connectivity index (χ3n) is 2.57. The number of hydrogen-bond donors (Lipinski definition) is 1. The first-order valence-electron chi connectivity index (χ1n) is 5.85. The number of halogens is 1. The molecule has 6 heteroatoms. The van der Waals surface area contributed by atoms with Crippen molar-refractivity contribution in [1.29, 1.82) is 0 Å². The Morgan fingerprint density at radius 1 is 1.61 bits per heavy atom. The lowest BCUT2D eigenvalue weighted by molar-refractivity contribution is -0.121. The minimum absolute atomic E-state index is 0.0164. The minimum Gasteiger partial charge on any atom is -0.376 e. The molecular weight excluding hydrogens is 256 g/mol. The monoisotopic (exact) mass is 270 g/mol. The molecule has 1 aromatic rings. The largest absolute Gasteiger partial charge is 0.376 e. The normalized spacial score (nSPS) is 18.8. The summed E-state index contributed by atoms with van der Waals surface area (Å²) in [4.78, 5) is 15.4. The van der Waals surface area contributed by atoms with Crippen LogP contribution in [0, 0.1) is 0 Å². The lowest BCUT2D eigenvalue weighted by Gasteiger charge is -2.10. The molecule has 1 atom stereocenters. The van der Waals surface area contributed by atoms with E-state index in [9.17, 15) is 4.79 Å². The SMILES string of the molecule is O=C(COCC1CCCO1)Nc1ccc(Cl)nc1. The Kier molecular flexibility index (Phi) is 4.92. The van der Waals surface area contributed by atoms with Crippen molar-refractivity contribution >= 4 is 23.2 Å². The Morgan fingerprint density at radius 3 is 3.17 bits per heavy atom.